The van der Waals surface area contributed by atoms with Crippen LogP contribution in [0.1, 0.15) is 10.4 Å². The average Bonchev–Trinajstić information content (AvgIpc) is 2.83. The van der Waals surface area contributed by atoms with E-state index in [1.165, 1.54) is 23.5 Å². The van der Waals surface area contributed by atoms with Crippen LogP contribution in [0, 0.1) is 10.1 Å². The Morgan fingerprint density at radius 1 is 1.30 bits per heavy atom. The van der Waals surface area contributed by atoms with Crippen molar-refractivity contribution in [3.05, 3.63) is 67.4 Å². The number of hydrogen-bond acceptors (Lipinski definition) is 4. The van der Waals surface area contributed by atoms with Crippen LogP contribution in [0.5, 0.6) is 0 Å². The summed E-state index contributed by atoms with van der Waals surface area (Å²) in [5.74, 6) is -0.358. The Morgan fingerprint density at radius 3 is 2.78 bits per heavy atom. The third-order valence-electron chi connectivity index (χ3n) is 3.27. The number of nitro benzene ring substituents is 1. The number of thiazole rings is 1. The molecule has 6 nitrogen and oxygen atoms in total. The van der Waals surface area contributed by atoms with E-state index in [1.807, 2.05) is 6.07 Å². The third kappa shape index (κ3) is 3.08. The number of fused-ring (bicyclic) bond motifs is 1. The lowest BCUT2D eigenvalue weighted by molar-refractivity contribution is -0.384. The van der Waals surface area contributed by atoms with E-state index in [0.29, 0.717) is 15.9 Å². The number of aryl methyl sites for hydroxylation is 1. The molecule has 0 spiro atoms. The minimum Gasteiger partial charge on any atom is -0.319 e. The molecule has 116 valence electrons. The topological polar surface area (TPSA) is 77.5 Å². The molecule has 3 rings (SSSR count). The van der Waals surface area contributed by atoms with Gasteiger partial charge in [-0.2, -0.15) is 4.99 Å². The molecule has 2 aromatic carbocycles. The van der Waals surface area contributed by atoms with E-state index in [0.717, 1.165) is 9.17 Å². The zero-order chi connectivity index (χ0) is 16.6. The Hall–Kier alpha value is -2.32. The fourth-order valence-electron chi connectivity index (χ4n) is 2.11. The van der Waals surface area contributed by atoms with Crippen molar-refractivity contribution in [2.75, 3.05) is 0 Å². The number of halogens is 1. The number of aromatic nitrogens is 1. The van der Waals surface area contributed by atoms with Gasteiger partial charge in [-0.3, -0.25) is 14.9 Å². The molecular formula is C15H10BrN3O3S. The predicted octanol–water partition coefficient (Wildman–Crippen LogP) is 3.65. The molecule has 1 aromatic heterocycles. The van der Waals surface area contributed by atoms with Gasteiger partial charge >= 0.3 is 0 Å². The summed E-state index contributed by atoms with van der Waals surface area (Å²) in [5.41, 5.74) is 1.16. The number of carbonyl (C=O) groups is 1. The molecule has 0 unspecified atom stereocenters. The minimum absolute atomic E-state index is 0.00997. The van der Waals surface area contributed by atoms with Crippen LogP contribution in [0.4, 0.5) is 5.69 Å². The smallest absolute Gasteiger partial charge is 0.279 e. The van der Waals surface area contributed by atoms with Crippen molar-refractivity contribution in [3.63, 3.8) is 0 Å². The Balaban J connectivity index is 2.11. The number of benzene rings is 2. The maximum atomic E-state index is 12.3. The summed E-state index contributed by atoms with van der Waals surface area (Å²) >= 11 is 4.63. The number of rotatable bonds is 2. The Kier molecular flexibility index (Phi) is 4.10. The quantitative estimate of drug-likeness (QED) is 0.493. The SMILES string of the molecule is Cn1c(=NC(=O)c2cccc(Br)c2)sc2ccc([N+](=O)[O-])cc21. The highest BCUT2D eigenvalue weighted by molar-refractivity contribution is 9.10. The third-order valence-corrected chi connectivity index (χ3v) is 4.88. The molecule has 0 aliphatic carbocycles. The summed E-state index contributed by atoms with van der Waals surface area (Å²) in [6.45, 7) is 0. The summed E-state index contributed by atoms with van der Waals surface area (Å²) < 4.78 is 3.32. The van der Waals surface area contributed by atoms with Crippen LogP contribution in [0.25, 0.3) is 10.2 Å². The zero-order valence-electron chi connectivity index (χ0n) is 11.9. The van der Waals surface area contributed by atoms with E-state index in [-0.39, 0.29) is 11.6 Å². The van der Waals surface area contributed by atoms with Crippen molar-refractivity contribution in [1.29, 1.82) is 0 Å². The van der Waals surface area contributed by atoms with Gasteiger partial charge in [0, 0.05) is 29.2 Å². The molecule has 1 amide bonds. The summed E-state index contributed by atoms with van der Waals surface area (Å²) in [6.07, 6.45) is 0. The van der Waals surface area contributed by atoms with Crippen molar-refractivity contribution in [2.24, 2.45) is 12.0 Å². The zero-order valence-corrected chi connectivity index (χ0v) is 14.3. The predicted molar refractivity (Wildman–Crippen MR) is 91.5 cm³/mol. The largest absolute Gasteiger partial charge is 0.319 e. The molecular weight excluding hydrogens is 382 g/mol. The minimum atomic E-state index is -0.444. The van der Waals surface area contributed by atoms with Crippen molar-refractivity contribution >= 4 is 49.1 Å². The first-order chi connectivity index (χ1) is 11.0. The first kappa shape index (κ1) is 15.6. The first-order valence-electron chi connectivity index (χ1n) is 6.54. The van der Waals surface area contributed by atoms with Crippen LogP contribution in [0.2, 0.25) is 0 Å². The van der Waals surface area contributed by atoms with Gasteiger partial charge in [0.1, 0.15) is 0 Å². The molecule has 0 aliphatic heterocycles. The van der Waals surface area contributed by atoms with Gasteiger partial charge in [0.05, 0.1) is 15.1 Å². The summed E-state index contributed by atoms with van der Waals surface area (Å²) in [5, 5.41) is 10.9. The van der Waals surface area contributed by atoms with Crippen molar-refractivity contribution in [3.8, 4) is 0 Å². The number of carbonyl (C=O) groups excluding carboxylic acids is 1. The number of amides is 1. The van der Waals surface area contributed by atoms with E-state index in [1.54, 1.807) is 35.9 Å². The number of non-ortho nitro benzene ring substituents is 1. The molecule has 0 saturated heterocycles. The molecule has 0 aliphatic rings. The van der Waals surface area contributed by atoms with Crippen LogP contribution in [-0.2, 0) is 7.05 Å². The lowest BCUT2D eigenvalue weighted by Gasteiger charge is -1.97. The maximum absolute atomic E-state index is 12.3. The molecule has 0 N–H and O–H groups in total. The molecule has 0 bridgehead atoms. The van der Waals surface area contributed by atoms with Crippen molar-refractivity contribution < 1.29 is 9.72 Å². The standard InChI is InChI=1S/C15H10BrN3O3S/c1-18-12-8-11(19(21)22)5-6-13(12)23-15(18)17-14(20)9-3-2-4-10(16)7-9/h2-8H,1H3. The van der Waals surface area contributed by atoms with E-state index in [4.69, 9.17) is 0 Å². The van der Waals surface area contributed by atoms with Crippen molar-refractivity contribution in [2.45, 2.75) is 0 Å². The Bertz CT molecular complexity index is 1010. The van der Waals surface area contributed by atoms with Crippen LogP contribution >= 0.6 is 27.3 Å². The van der Waals surface area contributed by atoms with Gasteiger partial charge in [-0.15, -0.1) is 0 Å². The second kappa shape index (κ2) is 6.05. The number of hydrogen-bond donors (Lipinski definition) is 0. The molecule has 8 heteroatoms. The highest BCUT2D eigenvalue weighted by Crippen LogP contribution is 2.22. The van der Waals surface area contributed by atoms with E-state index in [2.05, 4.69) is 20.9 Å². The van der Waals surface area contributed by atoms with Gasteiger partial charge in [-0.25, -0.2) is 0 Å². The summed E-state index contributed by atoms with van der Waals surface area (Å²) in [4.78, 5) is 27.3. The van der Waals surface area contributed by atoms with Gasteiger partial charge in [0.25, 0.3) is 11.6 Å². The molecule has 0 saturated carbocycles. The van der Waals surface area contributed by atoms with E-state index >= 15 is 0 Å². The Labute approximate surface area is 143 Å². The van der Waals surface area contributed by atoms with Crippen LogP contribution in [0.15, 0.2) is 51.9 Å². The van der Waals surface area contributed by atoms with Crippen LogP contribution < -0.4 is 4.80 Å². The van der Waals surface area contributed by atoms with Gasteiger partial charge in [-0.1, -0.05) is 33.3 Å². The molecule has 0 radical (unpaired) electrons. The maximum Gasteiger partial charge on any atom is 0.279 e. The Morgan fingerprint density at radius 2 is 2.09 bits per heavy atom. The van der Waals surface area contributed by atoms with Gasteiger partial charge in [0.2, 0.25) is 0 Å². The monoisotopic (exact) mass is 391 g/mol. The van der Waals surface area contributed by atoms with Gasteiger partial charge in [0.15, 0.2) is 4.80 Å². The second-order valence-corrected chi connectivity index (χ2v) is 6.70. The molecule has 23 heavy (non-hydrogen) atoms. The normalized spacial score (nSPS) is 11.8. The molecule has 0 atom stereocenters. The molecule has 1 heterocycles. The van der Waals surface area contributed by atoms with Crippen LogP contribution in [0.3, 0.4) is 0 Å². The lowest BCUT2D eigenvalue weighted by atomic mass is 10.2. The van der Waals surface area contributed by atoms with Crippen molar-refractivity contribution in [1.82, 2.24) is 4.57 Å². The molecule has 3 aromatic rings. The first-order valence-corrected chi connectivity index (χ1v) is 8.15. The lowest BCUT2D eigenvalue weighted by Crippen LogP contribution is -2.13. The van der Waals surface area contributed by atoms with Gasteiger partial charge < -0.3 is 4.57 Å². The van der Waals surface area contributed by atoms with E-state index in [9.17, 15) is 14.9 Å². The second-order valence-electron chi connectivity index (χ2n) is 4.78. The van der Waals surface area contributed by atoms with Gasteiger partial charge in [-0.05, 0) is 24.3 Å². The average molecular weight is 392 g/mol. The highest BCUT2D eigenvalue weighted by atomic mass is 79.9. The highest BCUT2D eigenvalue weighted by Gasteiger charge is 2.11. The number of nitrogens with zero attached hydrogens (tertiary/aromatic N) is 3. The fraction of sp³-hybridized carbons (Fsp3) is 0.0667. The van der Waals surface area contributed by atoms with E-state index < -0.39 is 4.92 Å². The summed E-state index contributed by atoms with van der Waals surface area (Å²) in [6, 6.07) is 11.6. The fourth-order valence-corrected chi connectivity index (χ4v) is 3.50. The molecule has 0 fully saturated rings. The number of nitro groups is 1. The summed E-state index contributed by atoms with van der Waals surface area (Å²) in [7, 11) is 1.73. The van der Waals surface area contributed by atoms with Crippen LogP contribution in [-0.4, -0.2) is 15.4 Å².